The second kappa shape index (κ2) is 9.07. The zero-order valence-electron chi connectivity index (χ0n) is 12.4. The van der Waals surface area contributed by atoms with E-state index < -0.39 is 5.82 Å². The van der Waals surface area contributed by atoms with Crippen LogP contribution in [0.15, 0.2) is 24.3 Å². The van der Waals surface area contributed by atoms with Crippen LogP contribution in [0.4, 0.5) is 10.1 Å². The molecule has 0 aromatic heterocycles. The molecule has 0 radical (unpaired) electrons. The first-order valence-electron chi connectivity index (χ1n) is 7.01. The number of hydrogen-bond donors (Lipinski definition) is 3. The standard InChI is InChI=1S/C15H22FN3O2/c1-11(2)9-18-14(20)7-8-17-10-15(21)19-13-6-4-3-5-12(13)16/h3-6,11,17H,7-10H2,1-2H3,(H,18,20)(H,19,21). The van der Waals surface area contributed by atoms with Crippen molar-refractivity contribution in [2.45, 2.75) is 20.3 Å². The van der Waals surface area contributed by atoms with E-state index in [1.54, 1.807) is 12.1 Å². The molecule has 0 saturated carbocycles. The molecule has 0 aliphatic carbocycles. The van der Waals surface area contributed by atoms with Gasteiger partial charge in [-0.2, -0.15) is 0 Å². The van der Waals surface area contributed by atoms with Gasteiger partial charge in [0.05, 0.1) is 12.2 Å². The van der Waals surface area contributed by atoms with Crippen LogP contribution in [0.25, 0.3) is 0 Å². The molecule has 0 fully saturated rings. The third-order valence-electron chi connectivity index (χ3n) is 2.67. The van der Waals surface area contributed by atoms with Crippen LogP contribution < -0.4 is 16.0 Å². The summed E-state index contributed by atoms with van der Waals surface area (Å²) in [6.45, 7) is 5.12. The Kier molecular flexibility index (Phi) is 7.39. The summed E-state index contributed by atoms with van der Waals surface area (Å²) in [5.41, 5.74) is 0.152. The van der Waals surface area contributed by atoms with E-state index in [0.29, 0.717) is 25.4 Å². The summed E-state index contributed by atoms with van der Waals surface area (Å²) in [4.78, 5) is 23.0. The number of benzene rings is 1. The van der Waals surface area contributed by atoms with Gasteiger partial charge in [0.2, 0.25) is 11.8 Å². The highest BCUT2D eigenvalue weighted by molar-refractivity contribution is 5.92. The predicted molar refractivity (Wildman–Crippen MR) is 80.4 cm³/mol. The molecule has 0 bridgehead atoms. The van der Waals surface area contributed by atoms with Gasteiger partial charge in [-0.1, -0.05) is 26.0 Å². The Morgan fingerprint density at radius 2 is 1.90 bits per heavy atom. The molecule has 2 amide bonds. The van der Waals surface area contributed by atoms with E-state index in [1.807, 2.05) is 13.8 Å². The molecule has 1 rings (SSSR count). The van der Waals surface area contributed by atoms with Crippen LogP contribution in [-0.2, 0) is 9.59 Å². The van der Waals surface area contributed by atoms with Crippen LogP contribution in [-0.4, -0.2) is 31.4 Å². The van der Waals surface area contributed by atoms with Crippen molar-refractivity contribution in [2.24, 2.45) is 5.92 Å². The molecule has 0 saturated heterocycles. The van der Waals surface area contributed by atoms with E-state index in [0.717, 1.165) is 0 Å². The maximum absolute atomic E-state index is 13.3. The molecule has 6 heteroatoms. The fraction of sp³-hybridized carbons (Fsp3) is 0.467. The number of nitrogens with one attached hydrogen (secondary N) is 3. The van der Waals surface area contributed by atoms with Crippen molar-refractivity contribution in [3.05, 3.63) is 30.1 Å². The van der Waals surface area contributed by atoms with E-state index >= 15 is 0 Å². The van der Waals surface area contributed by atoms with Gasteiger partial charge in [-0.25, -0.2) is 4.39 Å². The van der Waals surface area contributed by atoms with Crippen molar-refractivity contribution >= 4 is 17.5 Å². The summed E-state index contributed by atoms with van der Waals surface area (Å²) < 4.78 is 13.3. The highest BCUT2D eigenvalue weighted by Gasteiger charge is 2.06. The number of hydrogen-bond acceptors (Lipinski definition) is 3. The summed E-state index contributed by atoms with van der Waals surface area (Å²) in [6, 6.07) is 5.97. The van der Waals surface area contributed by atoms with Gasteiger partial charge >= 0.3 is 0 Å². The van der Waals surface area contributed by atoms with E-state index in [9.17, 15) is 14.0 Å². The van der Waals surface area contributed by atoms with Crippen molar-refractivity contribution in [1.82, 2.24) is 10.6 Å². The fourth-order valence-electron chi connectivity index (χ4n) is 1.57. The van der Waals surface area contributed by atoms with Crippen molar-refractivity contribution in [2.75, 3.05) is 25.0 Å². The average Bonchev–Trinajstić information content (AvgIpc) is 2.44. The maximum Gasteiger partial charge on any atom is 0.238 e. The largest absolute Gasteiger partial charge is 0.356 e. The van der Waals surface area contributed by atoms with Gasteiger partial charge in [0.1, 0.15) is 5.82 Å². The van der Waals surface area contributed by atoms with Crippen LogP contribution in [0.3, 0.4) is 0 Å². The van der Waals surface area contributed by atoms with Crippen LogP contribution >= 0.6 is 0 Å². The topological polar surface area (TPSA) is 70.2 Å². The number of carbonyl (C=O) groups excluding carboxylic acids is 2. The predicted octanol–water partition coefficient (Wildman–Crippen LogP) is 1.52. The van der Waals surface area contributed by atoms with Gasteiger partial charge in [0.15, 0.2) is 0 Å². The number of halogens is 1. The maximum atomic E-state index is 13.3. The van der Waals surface area contributed by atoms with Gasteiger partial charge < -0.3 is 16.0 Å². The normalized spacial score (nSPS) is 10.5. The smallest absolute Gasteiger partial charge is 0.238 e. The molecular formula is C15H22FN3O2. The molecule has 0 aliphatic rings. The van der Waals surface area contributed by atoms with Gasteiger partial charge in [0, 0.05) is 19.5 Å². The Bertz CT molecular complexity index is 478. The molecule has 0 unspecified atom stereocenters. The number of amides is 2. The Morgan fingerprint density at radius 1 is 1.19 bits per heavy atom. The van der Waals surface area contributed by atoms with Crippen molar-refractivity contribution < 1.29 is 14.0 Å². The highest BCUT2D eigenvalue weighted by Crippen LogP contribution is 2.11. The molecule has 116 valence electrons. The first kappa shape index (κ1) is 17.1. The fourth-order valence-corrected chi connectivity index (χ4v) is 1.57. The van der Waals surface area contributed by atoms with Gasteiger partial charge in [-0.15, -0.1) is 0 Å². The molecule has 1 aromatic carbocycles. The Labute approximate surface area is 124 Å². The Balaban J connectivity index is 2.17. The first-order valence-corrected chi connectivity index (χ1v) is 7.01. The first-order chi connectivity index (χ1) is 9.99. The van der Waals surface area contributed by atoms with E-state index in [4.69, 9.17) is 0 Å². The molecule has 3 N–H and O–H groups in total. The number of rotatable bonds is 8. The van der Waals surface area contributed by atoms with E-state index in [1.165, 1.54) is 12.1 Å². The van der Waals surface area contributed by atoms with Gasteiger partial charge in [-0.3, -0.25) is 9.59 Å². The van der Waals surface area contributed by atoms with Crippen LogP contribution in [0, 0.1) is 11.7 Å². The lowest BCUT2D eigenvalue weighted by atomic mass is 10.2. The molecule has 1 aromatic rings. The van der Waals surface area contributed by atoms with Gasteiger partial charge in [0.25, 0.3) is 0 Å². The highest BCUT2D eigenvalue weighted by atomic mass is 19.1. The molecule has 21 heavy (non-hydrogen) atoms. The minimum absolute atomic E-state index is 0.0335. The van der Waals surface area contributed by atoms with Crippen molar-refractivity contribution in [1.29, 1.82) is 0 Å². The molecule has 0 heterocycles. The summed E-state index contributed by atoms with van der Waals surface area (Å²) >= 11 is 0. The second-order valence-electron chi connectivity index (χ2n) is 5.15. The third-order valence-corrected chi connectivity index (χ3v) is 2.67. The lowest BCUT2D eigenvalue weighted by Gasteiger charge is -2.09. The molecule has 0 aliphatic heterocycles. The van der Waals surface area contributed by atoms with Crippen LogP contribution in [0.1, 0.15) is 20.3 Å². The Hall–Kier alpha value is -1.95. The van der Waals surface area contributed by atoms with E-state index in [-0.39, 0.29) is 24.0 Å². The third kappa shape index (κ3) is 7.41. The lowest BCUT2D eigenvalue weighted by Crippen LogP contribution is -2.33. The molecule has 5 nitrogen and oxygen atoms in total. The zero-order chi connectivity index (χ0) is 15.7. The zero-order valence-corrected chi connectivity index (χ0v) is 12.4. The minimum Gasteiger partial charge on any atom is -0.356 e. The summed E-state index contributed by atoms with van der Waals surface area (Å²) in [6.07, 6.45) is 0.305. The summed E-state index contributed by atoms with van der Waals surface area (Å²) in [7, 11) is 0. The molecule has 0 spiro atoms. The average molecular weight is 295 g/mol. The second-order valence-corrected chi connectivity index (χ2v) is 5.15. The SMILES string of the molecule is CC(C)CNC(=O)CCNCC(=O)Nc1ccccc1F. The number of anilines is 1. The Morgan fingerprint density at radius 3 is 2.57 bits per heavy atom. The van der Waals surface area contributed by atoms with Crippen LogP contribution in [0.5, 0.6) is 0 Å². The quantitative estimate of drug-likeness (QED) is 0.637. The monoisotopic (exact) mass is 295 g/mol. The summed E-state index contributed by atoms with van der Waals surface area (Å²) in [5.74, 6) is -0.458. The molecular weight excluding hydrogens is 273 g/mol. The van der Waals surface area contributed by atoms with Crippen molar-refractivity contribution in [3.63, 3.8) is 0 Å². The lowest BCUT2D eigenvalue weighted by molar-refractivity contribution is -0.121. The summed E-state index contributed by atoms with van der Waals surface area (Å²) in [5, 5.41) is 8.10. The number of carbonyl (C=O) groups is 2. The van der Waals surface area contributed by atoms with E-state index in [2.05, 4.69) is 16.0 Å². The van der Waals surface area contributed by atoms with Crippen molar-refractivity contribution in [3.8, 4) is 0 Å². The molecule has 0 atom stereocenters. The van der Waals surface area contributed by atoms with Gasteiger partial charge in [-0.05, 0) is 18.1 Å². The van der Waals surface area contributed by atoms with Crippen LogP contribution in [0.2, 0.25) is 0 Å². The number of para-hydroxylation sites is 1. The minimum atomic E-state index is -0.473.